The molecule has 4 aromatic rings. The fraction of sp³-hybridized carbons (Fsp3) is 0.214. The molecule has 1 fully saturated rings. The fourth-order valence-corrected chi connectivity index (χ4v) is 6.05. The lowest BCUT2D eigenvalue weighted by Crippen LogP contribution is -2.45. The predicted octanol–water partition coefficient (Wildman–Crippen LogP) is 4.35. The maximum absolute atomic E-state index is 13.3. The topological polar surface area (TPSA) is 113 Å². The number of para-hydroxylation sites is 1. The molecule has 1 aromatic heterocycles. The van der Waals surface area contributed by atoms with E-state index in [-0.39, 0.29) is 24.1 Å². The molecule has 0 saturated carbocycles. The number of carbonyl (C=O) groups is 1. The third-order valence-corrected chi connectivity index (χ3v) is 8.06. The summed E-state index contributed by atoms with van der Waals surface area (Å²) in [5.74, 6) is 0.279. The highest BCUT2D eigenvalue weighted by atomic mass is 32.2. The highest BCUT2D eigenvalue weighted by Gasteiger charge is 2.41. The van der Waals surface area contributed by atoms with Crippen molar-refractivity contribution >= 4 is 26.9 Å². The summed E-state index contributed by atoms with van der Waals surface area (Å²) in [6.07, 6.45) is 1.03. The zero-order valence-electron chi connectivity index (χ0n) is 20.0. The van der Waals surface area contributed by atoms with Crippen LogP contribution >= 0.6 is 0 Å². The number of fused-ring (bicyclic) bond motifs is 1. The Kier molecular flexibility index (Phi) is 6.95. The summed E-state index contributed by atoms with van der Waals surface area (Å²) in [6.45, 7) is 0.796. The van der Waals surface area contributed by atoms with Gasteiger partial charge in [-0.2, -0.15) is 9.57 Å². The molecule has 1 aliphatic heterocycles. The molecular weight excluding hydrogens is 490 g/mol. The minimum absolute atomic E-state index is 0.154. The lowest BCUT2D eigenvalue weighted by Gasteiger charge is -2.22. The van der Waals surface area contributed by atoms with Crippen molar-refractivity contribution in [3.8, 4) is 11.8 Å². The summed E-state index contributed by atoms with van der Waals surface area (Å²) in [5.41, 5.74) is 2.76. The van der Waals surface area contributed by atoms with Gasteiger partial charge in [-0.25, -0.2) is 8.42 Å². The number of benzene rings is 3. The maximum Gasteiger partial charge on any atom is 0.277 e. The van der Waals surface area contributed by atoms with Crippen molar-refractivity contribution in [3.05, 3.63) is 95.6 Å². The summed E-state index contributed by atoms with van der Waals surface area (Å²) in [7, 11) is -3.96. The molecule has 5 rings (SSSR count). The molecule has 0 unspecified atom stereocenters. The number of furan rings is 1. The molecule has 2 heterocycles. The Bertz CT molecular complexity index is 1560. The number of nitrogens with zero attached hydrogens (tertiary/aromatic N) is 2. The predicted molar refractivity (Wildman–Crippen MR) is 137 cm³/mol. The number of nitriles is 1. The van der Waals surface area contributed by atoms with E-state index in [2.05, 4.69) is 11.4 Å². The van der Waals surface area contributed by atoms with Crippen LogP contribution < -0.4 is 10.1 Å². The van der Waals surface area contributed by atoms with E-state index in [9.17, 15) is 13.2 Å². The van der Waals surface area contributed by atoms with Crippen molar-refractivity contribution in [2.45, 2.75) is 37.1 Å². The lowest BCUT2D eigenvalue weighted by molar-refractivity contribution is -0.124. The van der Waals surface area contributed by atoms with E-state index in [4.69, 9.17) is 14.4 Å². The van der Waals surface area contributed by atoms with Gasteiger partial charge in [-0.15, -0.1) is 0 Å². The van der Waals surface area contributed by atoms with Crippen LogP contribution in [0.4, 0.5) is 0 Å². The SMILES string of the molecule is N#Cc1cccc(COc2cccc(CNC(=O)[C@@H]3CCCN3S(=O)(=O)c3cc4ccccc4o3)c2)c1. The number of nitrogens with one attached hydrogen (secondary N) is 1. The van der Waals surface area contributed by atoms with Gasteiger partial charge in [0.05, 0.1) is 11.6 Å². The zero-order valence-corrected chi connectivity index (χ0v) is 20.8. The van der Waals surface area contributed by atoms with E-state index in [1.54, 1.807) is 30.3 Å². The van der Waals surface area contributed by atoms with E-state index >= 15 is 0 Å². The molecule has 1 amide bonds. The summed E-state index contributed by atoms with van der Waals surface area (Å²) < 4.78 is 39.2. The average molecular weight is 516 g/mol. The van der Waals surface area contributed by atoms with Crippen LogP contribution in [0.1, 0.15) is 29.5 Å². The molecule has 0 radical (unpaired) electrons. The number of hydrogen-bond acceptors (Lipinski definition) is 6. The molecule has 1 aliphatic rings. The normalized spacial score (nSPS) is 15.9. The highest BCUT2D eigenvalue weighted by molar-refractivity contribution is 7.89. The van der Waals surface area contributed by atoms with Gasteiger partial charge < -0.3 is 14.5 Å². The third-order valence-electron chi connectivity index (χ3n) is 6.30. The second-order valence-corrected chi connectivity index (χ2v) is 10.7. The van der Waals surface area contributed by atoms with Crippen molar-refractivity contribution in [2.24, 2.45) is 0 Å². The van der Waals surface area contributed by atoms with Gasteiger partial charge in [0.1, 0.15) is 24.0 Å². The number of sulfonamides is 1. The third kappa shape index (κ3) is 5.35. The van der Waals surface area contributed by atoms with Crippen molar-refractivity contribution in [1.82, 2.24) is 9.62 Å². The first-order valence-corrected chi connectivity index (χ1v) is 13.4. The molecular formula is C28H25N3O5S. The first-order chi connectivity index (χ1) is 17.9. The number of hydrogen-bond donors (Lipinski definition) is 1. The molecule has 0 aliphatic carbocycles. The molecule has 1 N–H and O–H groups in total. The second-order valence-electron chi connectivity index (χ2n) is 8.84. The van der Waals surface area contributed by atoms with Gasteiger partial charge in [0, 0.05) is 24.5 Å². The van der Waals surface area contributed by atoms with E-state index < -0.39 is 16.1 Å². The molecule has 1 saturated heterocycles. The average Bonchev–Trinajstić information content (AvgIpc) is 3.60. The Labute approximate surface area is 215 Å². The van der Waals surface area contributed by atoms with Gasteiger partial charge in [0.2, 0.25) is 11.0 Å². The van der Waals surface area contributed by atoms with E-state index in [0.29, 0.717) is 41.7 Å². The van der Waals surface area contributed by atoms with Crippen LogP contribution in [0.2, 0.25) is 0 Å². The zero-order chi connectivity index (χ0) is 25.8. The summed E-state index contributed by atoms with van der Waals surface area (Å²) >= 11 is 0. The van der Waals surface area contributed by atoms with E-state index in [1.807, 2.05) is 42.5 Å². The largest absolute Gasteiger partial charge is 0.489 e. The smallest absolute Gasteiger partial charge is 0.277 e. The second kappa shape index (κ2) is 10.5. The number of ether oxygens (including phenoxy) is 1. The first-order valence-electron chi connectivity index (χ1n) is 11.9. The van der Waals surface area contributed by atoms with Crippen molar-refractivity contribution < 1.29 is 22.4 Å². The molecule has 3 aromatic carbocycles. The summed E-state index contributed by atoms with van der Waals surface area (Å²) in [5, 5.41) is 12.5. The van der Waals surface area contributed by atoms with Crippen LogP contribution in [-0.2, 0) is 28.0 Å². The van der Waals surface area contributed by atoms with Crippen LogP contribution in [-0.4, -0.2) is 31.2 Å². The molecule has 37 heavy (non-hydrogen) atoms. The Balaban J connectivity index is 1.22. The van der Waals surface area contributed by atoms with Gasteiger partial charge >= 0.3 is 0 Å². The molecule has 188 valence electrons. The fourth-order valence-electron chi connectivity index (χ4n) is 4.44. The maximum atomic E-state index is 13.3. The monoisotopic (exact) mass is 515 g/mol. The molecule has 1 atom stereocenters. The molecule has 0 spiro atoms. The minimum atomic E-state index is -3.96. The number of amides is 1. The van der Waals surface area contributed by atoms with Crippen molar-refractivity contribution in [3.63, 3.8) is 0 Å². The van der Waals surface area contributed by atoms with Crippen LogP contribution in [0, 0.1) is 11.3 Å². The van der Waals surface area contributed by atoms with Crippen LogP contribution in [0.15, 0.2) is 88.4 Å². The molecule has 9 heteroatoms. The number of carbonyl (C=O) groups excluding carboxylic acids is 1. The van der Waals surface area contributed by atoms with E-state index in [1.165, 1.54) is 10.4 Å². The Hall–Kier alpha value is -4.13. The van der Waals surface area contributed by atoms with E-state index in [0.717, 1.165) is 11.1 Å². The van der Waals surface area contributed by atoms with Crippen molar-refractivity contribution in [1.29, 1.82) is 5.26 Å². The molecule has 0 bridgehead atoms. The Morgan fingerprint density at radius 3 is 2.70 bits per heavy atom. The Morgan fingerprint density at radius 1 is 1.05 bits per heavy atom. The minimum Gasteiger partial charge on any atom is -0.489 e. The van der Waals surface area contributed by atoms with Gasteiger partial charge in [0.25, 0.3) is 10.0 Å². The number of rotatable bonds is 8. The van der Waals surface area contributed by atoms with Gasteiger partial charge in [-0.3, -0.25) is 4.79 Å². The first kappa shape index (κ1) is 24.6. The summed E-state index contributed by atoms with van der Waals surface area (Å²) in [6, 6.07) is 24.4. The van der Waals surface area contributed by atoms with Crippen LogP contribution in [0.5, 0.6) is 5.75 Å². The lowest BCUT2D eigenvalue weighted by atomic mass is 10.1. The van der Waals surface area contributed by atoms with Gasteiger partial charge in [-0.05, 0) is 54.3 Å². The Morgan fingerprint density at radius 2 is 1.86 bits per heavy atom. The van der Waals surface area contributed by atoms with Gasteiger partial charge in [-0.1, -0.05) is 42.5 Å². The van der Waals surface area contributed by atoms with Crippen LogP contribution in [0.3, 0.4) is 0 Å². The highest BCUT2D eigenvalue weighted by Crippen LogP contribution is 2.30. The molecule has 8 nitrogen and oxygen atoms in total. The summed E-state index contributed by atoms with van der Waals surface area (Å²) in [4.78, 5) is 13.0. The van der Waals surface area contributed by atoms with Crippen LogP contribution in [0.25, 0.3) is 11.0 Å². The van der Waals surface area contributed by atoms with Gasteiger partial charge in [0.15, 0.2) is 0 Å². The standard InChI is InChI=1S/C28H25N3O5S/c29-17-20-6-3-8-22(14-20)19-35-24-10-4-7-21(15-24)18-30-28(32)25-11-5-13-31(25)37(33,34)27-16-23-9-1-2-12-26(23)36-27/h1-4,6-10,12,14-16,25H,5,11,13,18-19H2,(H,30,32)/t25-/m0/s1. The quantitative estimate of drug-likeness (QED) is 0.373. The van der Waals surface area contributed by atoms with Crippen molar-refractivity contribution in [2.75, 3.05) is 6.54 Å².